The molecule has 0 saturated heterocycles. The summed E-state index contributed by atoms with van der Waals surface area (Å²) in [6.07, 6.45) is 0.309. The number of hydrogen-bond donors (Lipinski definition) is 0. The van der Waals surface area contributed by atoms with Gasteiger partial charge < -0.3 is 7.80 Å². The number of ether oxygens (including phenoxy) is 1. The zero-order chi connectivity index (χ0) is 15.2. The van der Waals surface area contributed by atoms with Crippen molar-refractivity contribution >= 4 is 32.8 Å². The van der Waals surface area contributed by atoms with E-state index in [-0.39, 0.29) is 3.79 Å². The average Bonchev–Trinajstić information content (AvgIpc) is 2.47. The molecule has 0 aliphatic rings. The van der Waals surface area contributed by atoms with Crippen LogP contribution in [0.2, 0.25) is 0 Å². The highest BCUT2D eigenvalue weighted by molar-refractivity contribution is 14.1. The molecule has 2 aromatic carbocycles. The van der Waals surface area contributed by atoms with Crippen molar-refractivity contribution in [1.82, 2.24) is 0 Å². The predicted molar refractivity (Wildman–Crippen MR) is 82.6 cm³/mol. The lowest BCUT2D eigenvalue weighted by atomic mass is 10.1. The van der Waals surface area contributed by atoms with Crippen LogP contribution in [-0.2, 0) is 11.2 Å². The van der Waals surface area contributed by atoms with Gasteiger partial charge in [-0.2, -0.15) is 0 Å². The summed E-state index contributed by atoms with van der Waals surface area (Å²) in [4.78, 5) is 23.2. The lowest BCUT2D eigenvalue weighted by molar-refractivity contribution is -0.304. The number of esters is 1. The molecule has 0 spiro atoms. The van der Waals surface area contributed by atoms with Crippen LogP contribution in [-0.4, -0.2) is 9.76 Å². The van der Waals surface area contributed by atoms with Crippen molar-refractivity contribution in [3.63, 3.8) is 0 Å². The van der Waals surface area contributed by atoms with Crippen molar-refractivity contribution in [2.75, 3.05) is 0 Å². The molecule has 0 radical (unpaired) electrons. The molecule has 0 bridgehead atoms. The third-order valence-electron chi connectivity index (χ3n) is 2.62. The second-order valence-electron chi connectivity index (χ2n) is 4.19. The Labute approximate surface area is 149 Å². The first-order chi connectivity index (χ1) is 10.1. The van der Waals surface area contributed by atoms with Gasteiger partial charge in [0.25, 0.3) is 0 Å². The Hall–Kier alpha value is -1.16. The van der Waals surface area contributed by atoms with E-state index in [0.29, 0.717) is 23.5 Å². The first-order valence-electron chi connectivity index (χ1n) is 5.98. The summed E-state index contributed by atoms with van der Waals surface area (Å²) in [6, 6.07) is 13.7. The average molecular weight is 509 g/mol. The summed E-state index contributed by atoms with van der Waals surface area (Å²) >= 11 is 3.20. The summed E-state index contributed by atoms with van der Waals surface area (Å²) in [6.45, 7) is 0. The molecule has 108 valence electrons. The van der Waals surface area contributed by atoms with Gasteiger partial charge in [0.1, 0.15) is 11.5 Å². The molecule has 0 atom stereocenters. The minimum Gasteiger partial charge on any atom is -0.428 e. The highest BCUT2D eigenvalue weighted by atomic mass is 127. The maximum atomic E-state index is 12.1. The molecule has 0 aromatic heterocycles. The molecule has 0 aliphatic heterocycles. The fourth-order valence-electron chi connectivity index (χ4n) is 1.73. The quantitative estimate of drug-likeness (QED) is 0.247. The lowest BCUT2D eigenvalue weighted by Crippen LogP contribution is -3.38. The van der Waals surface area contributed by atoms with Crippen LogP contribution in [0.4, 0.5) is 0 Å². The third-order valence-corrected chi connectivity index (χ3v) is 3.54. The van der Waals surface area contributed by atoms with Gasteiger partial charge in [-0.25, -0.2) is 9.59 Å². The molecular formula is C15H11I2O4+. The first-order valence-corrected chi connectivity index (χ1v) is 8.02. The normalized spacial score (nSPS) is 10.0. The molecule has 0 N–H and O–H groups in total. The molecule has 0 amide bonds. The molecule has 2 rings (SSSR count). The summed E-state index contributed by atoms with van der Waals surface area (Å²) in [5.41, 5.74) is 1.21. The van der Waals surface area contributed by atoms with Gasteiger partial charge in [-0.15, -0.1) is 0 Å². The fourth-order valence-corrected chi connectivity index (χ4v) is 2.48. The van der Waals surface area contributed by atoms with E-state index in [1.54, 1.807) is 65.5 Å². The van der Waals surface area contributed by atoms with E-state index in [1.165, 1.54) is 22.6 Å². The van der Waals surface area contributed by atoms with Gasteiger partial charge in [-0.05, 0) is 29.8 Å². The van der Waals surface area contributed by atoms with Gasteiger partial charge in [0.05, 0.1) is 12.0 Å². The van der Waals surface area contributed by atoms with Gasteiger partial charge in [-0.1, -0.05) is 18.2 Å². The first kappa shape index (κ1) is 16.2. The monoisotopic (exact) mass is 509 g/mol. The highest BCUT2D eigenvalue weighted by Crippen LogP contribution is 2.21. The van der Waals surface area contributed by atoms with E-state index in [4.69, 9.17) is 7.80 Å². The molecule has 0 saturated carbocycles. The number of carbonyl (C=O) groups is 2. The van der Waals surface area contributed by atoms with Gasteiger partial charge in [0.15, 0.2) is 23.0 Å². The van der Waals surface area contributed by atoms with E-state index in [2.05, 4.69) is 0 Å². The van der Waals surface area contributed by atoms with E-state index < -0.39 is 5.97 Å². The number of rotatable bonds is 5. The van der Waals surface area contributed by atoms with Crippen LogP contribution in [0.5, 0.6) is 11.5 Å². The van der Waals surface area contributed by atoms with Gasteiger partial charge in [0, 0.05) is 6.07 Å². The lowest BCUT2D eigenvalue weighted by Gasteiger charge is -2.06. The second-order valence-corrected chi connectivity index (χ2v) is 5.93. The van der Waals surface area contributed by atoms with Crippen LogP contribution in [0.1, 0.15) is 15.9 Å². The molecule has 2 aromatic rings. The minimum atomic E-state index is -0.466. The Balaban J connectivity index is 2.14. The topological polar surface area (TPSA) is 52.6 Å². The van der Waals surface area contributed by atoms with Crippen molar-refractivity contribution in [3.05, 3.63) is 59.7 Å². The smallest absolute Gasteiger partial charge is 0.364 e. The van der Waals surface area contributed by atoms with Crippen LogP contribution in [0.3, 0.4) is 0 Å². The Bertz CT molecular complexity index is 670. The van der Waals surface area contributed by atoms with E-state index in [1.807, 2.05) is 6.07 Å². The van der Waals surface area contributed by atoms with Gasteiger partial charge in [0.2, 0.25) is 0 Å². The molecule has 0 aliphatic carbocycles. The predicted octanol–water partition coefficient (Wildman–Crippen LogP) is -0.0107. The maximum absolute atomic E-state index is 12.1. The minimum absolute atomic E-state index is 0.0585. The largest absolute Gasteiger partial charge is 0.428 e. The van der Waals surface area contributed by atoms with Crippen LogP contribution in [0, 0.1) is 0 Å². The maximum Gasteiger partial charge on any atom is 0.364 e. The van der Waals surface area contributed by atoms with Gasteiger partial charge in [-0.3, -0.25) is 0 Å². The van der Waals surface area contributed by atoms with Crippen LogP contribution < -0.4 is 30.4 Å². The Morgan fingerprint density at radius 3 is 2.48 bits per heavy atom. The summed E-state index contributed by atoms with van der Waals surface area (Å²) in [7, 11) is 0. The summed E-state index contributed by atoms with van der Waals surface area (Å²) < 4.78 is 10.4. The van der Waals surface area contributed by atoms with Crippen molar-refractivity contribution < 1.29 is 40.0 Å². The molecule has 6 heteroatoms. The van der Waals surface area contributed by atoms with Crippen molar-refractivity contribution in [2.45, 2.75) is 6.42 Å². The van der Waals surface area contributed by atoms with Crippen molar-refractivity contribution in [3.8, 4) is 11.5 Å². The SMILES string of the molecule is O=C([IH+])Cc1cccc(C(=O)Oc2cccc(OI)c2)c1. The zero-order valence-electron chi connectivity index (χ0n) is 10.7. The molecule has 21 heavy (non-hydrogen) atoms. The number of carbonyl (C=O) groups excluding carboxylic acids is 2. The van der Waals surface area contributed by atoms with E-state index in [9.17, 15) is 9.59 Å². The Morgan fingerprint density at radius 2 is 1.76 bits per heavy atom. The molecule has 4 nitrogen and oxygen atoms in total. The molecule has 0 heterocycles. The summed E-state index contributed by atoms with van der Waals surface area (Å²) in [5, 5.41) is 0. The van der Waals surface area contributed by atoms with Crippen molar-refractivity contribution in [2.24, 2.45) is 0 Å². The second kappa shape index (κ2) is 7.74. The molecule has 0 unspecified atom stereocenters. The zero-order valence-corrected chi connectivity index (χ0v) is 15.2. The third kappa shape index (κ3) is 4.95. The molecular weight excluding hydrogens is 498 g/mol. The van der Waals surface area contributed by atoms with Crippen LogP contribution in [0.25, 0.3) is 0 Å². The number of hydrogen-bond acceptors (Lipinski definition) is 4. The van der Waals surface area contributed by atoms with Crippen LogP contribution >= 0.6 is 23.0 Å². The van der Waals surface area contributed by atoms with Gasteiger partial charge >= 0.3 is 32.4 Å². The number of benzene rings is 2. The molecule has 0 fully saturated rings. The fraction of sp³-hybridized carbons (Fsp3) is 0.0667. The van der Waals surface area contributed by atoms with Crippen LogP contribution in [0.15, 0.2) is 48.5 Å². The standard InChI is InChI=1S/C15H11I2O4/c16-14(18)8-10-3-1-4-11(7-10)15(19)20-12-5-2-6-13(9-12)21-17/h1-7,9,16H,8H2/q+1. The van der Waals surface area contributed by atoms with E-state index >= 15 is 0 Å². The Morgan fingerprint density at radius 1 is 1.05 bits per heavy atom. The Kier molecular flexibility index (Phi) is 5.97. The van der Waals surface area contributed by atoms with Crippen molar-refractivity contribution in [1.29, 1.82) is 0 Å². The van der Waals surface area contributed by atoms with E-state index in [0.717, 1.165) is 5.56 Å². The number of halogens is 2. The summed E-state index contributed by atoms with van der Waals surface area (Å²) in [5.74, 6) is 0.546. The highest BCUT2D eigenvalue weighted by Gasteiger charge is 2.12.